The van der Waals surface area contributed by atoms with Crippen LogP contribution in [0.4, 0.5) is 5.69 Å². The second-order valence-corrected chi connectivity index (χ2v) is 8.80. The van der Waals surface area contributed by atoms with Crippen molar-refractivity contribution in [3.63, 3.8) is 0 Å². The van der Waals surface area contributed by atoms with Crippen molar-refractivity contribution in [1.29, 1.82) is 0 Å². The van der Waals surface area contributed by atoms with Gasteiger partial charge in [-0.25, -0.2) is 22.0 Å². The lowest BCUT2D eigenvalue weighted by molar-refractivity contribution is 0.596. The van der Waals surface area contributed by atoms with E-state index in [2.05, 4.69) is 18.6 Å². The van der Waals surface area contributed by atoms with Gasteiger partial charge in [0.2, 0.25) is 10.0 Å². The molecule has 0 heterocycles. The molecule has 0 amide bonds. The average molecular weight is 368 g/mol. The summed E-state index contributed by atoms with van der Waals surface area (Å²) in [5, 5.41) is 5.05. The van der Waals surface area contributed by atoms with Crippen LogP contribution in [-0.2, 0) is 20.0 Å². The molecular weight excluding hydrogens is 348 g/mol. The number of hydrogen-bond donors (Lipinski definition) is 2. The van der Waals surface area contributed by atoms with Gasteiger partial charge in [0.15, 0.2) is 0 Å². The summed E-state index contributed by atoms with van der Waals surface area (Å²) in [5.41, 5.74) is 1.19. The van der Waals surface area contributed by atoms with Gasteiger partial charge in [-0.15, -0.1) is 0 Å². The van der Waals surface area contributed by atoms with Crippen molar-refractivity contribution in [2.45, 2.75) is 36.0 Å². The van der Waals surface area contributed by atoms with Crippen molar-refractivity contribution in [3.05, 3.63) is 54.1 Å². The van der Waals surface area contributed by atoms with Gasteiger partial charge in [-0.05, 0) is 48.2 Å². The number of nitrogens with two attached hydrogens (primary N) is 1. The number of anilines is 1. The van der Waals surface area contributed by atoms with Crippen LogP contribution >= 0.6 is 0 Å². The lowest BCUT2D eigenvalue weighted by atomic mass is 9.99. The standard InChI is InChI=1S/C16H20N2O4S2/c1-3-12(2)13-7-9-15(10-8-13)24(21,22)18-14-5-4-6-16(11-14)23(17,19)20/h4-12,18H,3H2,1-2H3,(H2,17,19,20)/t12-/m0/s1. The third-order valence-corrected chi connectivity index (χ3v) is 6.09. The number of hydrogen-bond acceptors (Lipinski definition) is 4. The second-order valence-electron chi connectivity index (χ2n) is 5.56. The quantitative estimate of drug-likeness (QED) is 0.817. The van der Waals surface area contributed by atoms with E-state index < -0.39 is 20.0 Å². The first-order chi connectivity index (χ1) is 11.1. The molecule has 2 aromatic rings. The van der Waals surface area contributed by atoms with Crippen LogP contribution in [0.15, 0.2) is 58.3 Å². The number of sulfonamides is 2. The minimum Gasteiger partial charge on any atom is -0.280 e. The molecule has 0 aliphatic rings. The van der Waals surface area contributed by atoms with Crippen LogP contribution in [0.3, 0.4) is 0 Å². The van der Waals surface area contributed by atoms with Crippen LogP contribution in [0.2, 0.25) is 0 Å². The Morgan fingerprint density at radius 3 is 2.17 bits per heavy atom. The van der Waals surface area contributed by atoms with Gasteiger partial charge in [0, 0.05) is 0 Å². The van der Waals surface area contributed by atoms with E-state index in [0.29, 0.717) is 5.92 Å². The molecule has 0 unspecified atom stereocenters. The van der Waals surface area contributed by atoms with Crippen LogP contribution in [0.25, 0.3) is 0 Å². The van der Waals surface area contributed by atoms with Gasteiger partial charge in [-0.2, -0.15) is 0 Å². The zero-order valence-electron chi connectivity index (χ0n) is 13.4. The van der Waals surface area contributed by atoms with E-state index >= 15 is 0 Å². The molecule has 0 fully saturated rings. The zero-order chi connectivity index (χ0) is 18.0. The van der Waals surface area contributed by atoms with Gasteiger partial charge in [-0.1, -0.05) is 32.0 Å². The van der Waals surface area contributed by atoms with Crippen LogP contribution in [0.1, 0.15) is 31.7 Å². The molecule has 130 valence electrons. The average Bonchev–Trinajstić information content (AvgIpc) is 2.53. The van der Waals surface area contributed by atoms with Crippen molar-refractivity contribution < 1.29 is 16.8 Å². The van der Waals surface area contributed by atoms with Gasteiger partial charge in [0.1, 0.15) is 0 Å². The van der Waals surface area contributed by atoms with Crippen molar-refractivity contribution in [3.8, 4) is 0 Å². The molecule has 0 saturated carbocycles. The number of rotatable bonds is 6. The Morgan fingerprint density at radius 2 is 1.62 bits per heavy atom. The molecule has 1 atom stereocenters. The Bertz CT molecular complexity index is 921. The van der Waals surface area contributed by atoms with Crippen molar-refractivity contribution in [2.75, 3.05) is 4.72 Å². The summed E-state index contributed by atoms with van der Waals surface area (Å²) in [5.74, 6) is 0.348. The summed E-state index contributed by atoms with van der Waals surface area (Å²) in [4.78, 5) is -0.0506. The van der Waals surface area contributed by atoms with E-state index in [1.54, 1.807) is 12.1 Å². The minimum atomic E-state index is -3.90. The van der Waals surface area contributed by atoms with Crippen molar-refractivity contribution in [2.24, 2.45) is 5.14 Å². The number of nitrogens with one attached hydrogen (secondary N) is 1. The lowest BCUT2D eigenvalue weighted by Crippen LogP contribution is -2.15. The molecule has 8 heteroatoms. The van der Waals surface area contributed by atoms with Gasteiger partial charge in [0.05, 0.1) is 15.5 Å². The molecule has 0 radical (unpaired) electrons. The second kappa shape index (κ2) is 6.92. The smallest absolute Gasteiger partial charge is 0.261 e. The zero-order valence-corrected chi connectivity index (χ0v) is 15.1. The lowest BCUT2D eigenvalue weighted by Gasteiger charge is -2.12. The van der Waals surface area contributed by atoms with E-state index in [1.807, 2.05) is 0 Å². The predicted molar refractivity (Wildman–Crippen MR) is 93.8 cm³/mol. The summed E-state index contributed by atoms with van der Waals surface area (Å²) in [7, 11) is -7.71. The normalized spacial score (nSPS) is 13.5. The fraction of sp³-hybridized carbons (Fsp3) is 0.250. The molecule has 2 rings (SSSR count). The molecule has 0 bridgehead atoms. The Labute approximate surface area is 142 Å². The molecule has 0 saturated heterocycles. The Balaban J connectivity index is 2.29. The molecule has 3 N–H and O–H groups in total. The van der Waals surface area contributed by atoms with Crippen LogP contribution < -0.4 is 9.86 Å². The first-order valence-corrected chi connectivity index (χ1v) is 10.4. The van der Waals surface area contributed by atoms with Gasteiger partial charge >= 0.3 is 0 Å². The van der Waals surface area contributed by atoms with E-state index in [-0.39, 0.29) is 15.5 Å². The Kier molecular flexibility index (Phi) is 5.32. The Morgan fingerprint density at radius 1 is 1.00 bits per heavy atom. The van der Waals surface area contributed by atoms with Crippen LogP contribution in [0, 0.1) is 0 Å². The maximum atomic E-state index is 12.4. The first kappa shape index (κ1) is 18.4. The first-order valence-electron chi connectivity index (χ1n) is 7.39. The van der Waals surface area contributed by atoms with Crippen molar-refractivity contribution in [1.82, 2.24) is 0 Å². The van der Waals surface area contributed by atoms with E-state index in [1.165, 1.54) is 36.4 Å². The summed E-state index contributed by atoms with van der Waals surface area (Å²) < 4.78 is 49.9. The molecule has 24 heavy (non-hydrogen) atoms. The van der Waals surface area contributed by atoms with Crippen LogP contribution in [-0.4, -0.2) is 16.8 Å². The fourth-order valence-electron chi connectivity index (χ4n) is 2.16. The summed E-state index contributed by atoms with van der Waals surface area (Å²) in [6.45, 7) is 4.13. The molecular formula is C16H20N2O4S2. The molecule has 0 aliphatic heterocycles. The monoisotopic (exact) mass is 368 g/mol. The molecule has 0 aromatic heterocycles. The molecule has 0 spiro atoms. The Hall–Kier alpha value is -1.90. The van der Waals surface area contributed by atoms with Gasteiger partial charge in [-0.3, -0.25) is 4.72 Å². The maximum Gasteiger partial charge on any atom is 0.261 e. The van der Waals surface area contributed by atoms with Gasteiger partial charge in [0.25, 0.3) is 10.0 Å². The van der Waals surface area contributed by atoms with Gasteiger partial charge < -0.3 is 0 Å². The van der Waals surface area contributed by atoms with E-state index in [9.17, 15) is 16.8 Å². The maximum absolute atomic E-state index is 12.4. The highest BCUT2D eigenvalue weighted by atomic mass is 32.2. The minimum absolute atomic E-state index is 0.107. The molecule has 6 nitrogen and oxygen atoms in total. The summed E-state index contributed by atoms with van der Waals surface area (Å²) in [6, 6.07) is 12.0. The highest BCUT2D eigenvalue weighted by molar-refractivity contribution is 7.92. The van der Waals surface area contributed by atoms with E-state index in [0.717, 1.165) is 12.0 Å². The fourth-order valence-corrected chi connectivity index (χ4v) is 3.77. The number of benzene rings is 2. The summed E-state index contributed by atoms with van der Waals surface area (Å²) in [6.07, 6.45) is 0.963. The number of primary sulfonamides is 1. The predicted octanol–water partition coefficient (Wildman–Crippen LogP) is 2.65. The summed E-state index contributed by atoms with van der Waals surface area (Å²) >= 11 is 0. The SMILES string of the molecule is CC[C@H](C)c1ccc(S(=O)(=O)Nc2cccc(S(N)(=O)=O)c2)cc1. The van der Waals surface area contributed by atoms with Crippen molar-refractivity contribution >= 4 is 25.7 Å². The molecule has 2 aromatic carbocycles. The van der Waals surface area contributed by atoms with Crippen LogP contribution in [0.5, 0.6) is 0 Å². The topological polar surface area (TPSA) is 106 Å². The third-order valence-electron chi connectivity index (χ3n) is 3.79. The highest BCUT2D eigenvalue weighted by Crippen LogP contribution is 2.22. The largest absolute Gasteiger partial charge is 0.280 e. The highest BCUT2D eigenvalue weighted by Gasteiger charge is 2.16. The molecule has 0 aliphatic carbocycles. The van der Waals surface area contributed by atoms with E-state index in [4.69, 9.17) is 5.14 Å². The third kappa shape index (κ3) is 4.34.